The summed E-state index contributed by atoms with van der Waals surface area (Å²) in [5.41, 5.74) is 3.41. The summed E-state index contributed by atoms with van der Waals surface area (Å²) in [7, 11) is 1.52. The van der Waals surface area contributed by atoms with Gasteiger partial charge < -0.3 is 14.5 Å². The van der Waals surface area contributed by atoms with Crippen LogP contribution < -0.4 is 14.5 Å². The molecule has 0 bridgehead atoms. The van der Waals surface area contributed by atoms with Crippen molar-refractivity contribution < 1.29 is 9.13 Å². The van der Waals surface area contributed by atoms with Crippen LogP contribution >= 0.6 is 0 Å². The lowest BCUT2D eigenvalue weighted by Gasteiger charge is -2.36. The van der Waals surface area contributed by atoms with Crippen LogP contribution in [0.4, 0.5) is 15.9 Å². The lowest BCUT2D eigenvalue weighted by molar-refractivity contribution is 0.413. The molecule has 2 aromatic carbocycles. The summed E-state index contributed by atoms with van der Waals surface area (Å²) >= 11 is 0. The summed E-state index contributed by atoms with van der Waals surface area (Å²) in [4.78, 5) is 8.95. The van der Waals surface area contributed by atoms with Gasteiger partial charge in [-0.1, -0.05) is 6.07 Å². The molecule has 1 aliphatic rings. The predicted octanol–water partition coefficient (Wildman–Crippen LogP) is 3.97. The molecule has 4 aromatic rings. The van der Waals surface area contributed by atoms with Gasteiger partial charge in [0.05, 0.1) is 41.7 Å². The third-order valence-electron chi connectivity index (χ3n) is 5.82. The Hall–Kier alpha value is -4.12. The average molecular weight is 428 g/mol. The highest BCUT2D eigenvalue weighted by Crippen LogP contribution is 2.34. The minimum absolute atomic E-state index is 0.342. The summed E-state index contributed by atoms with van der Waals surface area (Å²) < 4.78 is 19.9. The smallest absolute Gasteiger partial charge is 0.158 e. The lowest BCUT2D eigenvalue weighted by Crippen LogP contribution is -2.46. The Balaban J connectivity index is 1.41. The highest BCUT2D eigenvalue weighted by atomic mass is 19.1. The maximum absolute atomic E-state index is 14.6. The first-order valence-electron chi connectivity index (χ1n) is 10.3. The second kappa shape index (κ2) is 8.19. The molecular weight excluding hydrogens is 407 g/mol. The normalized spacial score (nSPS) is 13.9. The Labute approximate surface area is 184 Å². The Bertz CT molecular complexity index is 1300. The summed E-state index contributed by atoms with van der Waals surface area (Å²) in [5.74, 6) is 0.897. The molecule has 5 rings (SSSR count). The van der Waals surface area contributed by atoms with E-state index in [0.717, 1.165) is 48.6 Å². The zero-order valence-corrected chi connectivity index (χ0v) is 17.5. The van der Waals surface area contributed by atoms with Crippen LogP contribution in [0.2, 0.25) is 0 Å². The largest absolute Gasteiger partial charge is 0.496 e. The van der Waals surface area contributed by atoms with Gasteiger partial charge >= 0.3 is 0 Å². The van der Waals surface area contributed by atoms with Crippen molar-refractivity contribution in [2.75, 3.05) is 43.1 Å². The number of aromatic amines is 1. The van der Waals surface area contributed by atoms with Crippen molar-refractivity contribution in [2.45, 2.75) is 0 Å². The highest BCUT2D eigenvalue weighted by molar-refractivity contribution is 5.92. The van der Waals surface area contributed by atoms with E-state index in [-0.39, 0.29) is 5.82 Å². The van der Waals surface area contributed by atoms with E-state index in [1.165, 1.54) is 13.2 Å². The zero-order valence-electron chi connectivity index (χ0n) is 17.5. The molecule has 32 heavy (non-hydrogen) atoms. The molecule has 0 atom stereocenters. The second-order valence-corrected chi connectivity index (χ2v) is 7.61. The molecule has 0 aliphatic carbocycles. The SMILES string of the molecule is COc1cccc(F)c1-c1cc2c(N3CCN(c4ccc(C#N)cc4)CC3)n[nH]c2cn1. The highest BCUT2D eigenvalue weighted by Gasteiger charge is 2.22. The van der Waals surface area contributed by atoms with Crippen LogP contribution in [0.3, 0.4) is 0 Å². The number of hydrogen-bond donors (Lipinski definition) is 1. The molecule has 1 saturated heterocycles. The van der Waals surface area contributed by atoms with E-state index in [4.69, 9.17) is 10.00 Å². The fourth-order valence-corrected chi connectivity index (χ4v) is 4.13. The number of anilines is 2. The monoisotopic (exact) mass is 428 g/mol. The molecule has 1 aliphatic heterocycles. The number of nitrogens with one attached hydrogen (secondary N) is 1. The molecule has 0 radical (unpaired) electrons. The van der Waals surface area contributed by atoms with Gasteiger partial charge in [0.1, 0.15) is 11.6 Å². The molecule has 0 amide bonds. The quantitative estimate of drug-likeness (QED) is 0.530. The number of halogens is 1. The maximum Gasteiger partial charge on any atom is 0.158 e. The van der Waals surface area contributed by atoms with E-state index in [9.17, 15) is 4.39 Å². The van der Waals surface area contributed by atoms with Crippen molar-refractivity contribution in [3.8, 4) is 23.1 Å². The third kappa shape index (κ3) is 3.48. The van der Waals surface area contributed by atoms with Gasteiger partial charge in [0.25, 0.3) is 0 Å². The number of ether oxygens (including phenoxy) is 1. The first kappa shape index (κ1) is 19.8. The molecule has 0 unspecified atom stereocenters. The average Bonchev–Trinajstić information content (AvgIpc) is 3.27. The molecular formula is C24H21FN6O. The number of H-pyrrole nitrogens is 1. The van der Waals surface area contributed by atoms with Crippen LogP contribution in [-0.4, -0.2) is 48.5 Å². The minimum atomic E-state index is -0.378. The standard InChI is InChI=1S/C24H21FN6O/c1-32-22-4-2-3-19(25)23(22)20-13-18-21(15-27-20)28-29-24(18)31-11-9-30(10-12-31)17-7-5-16(14-26)6-8-17/h2-8,13,15H,9-12H2,1H3,(H,28,29). The number of nitrogens with zero attached hydrogens (tertiary/aromatic N) is 5. The van der Waals surface area contributed by atoms with E-state index < -0.39 is 0 Å². The van der Waals surface area contributed by atoms with Gasteiger partial charge in [-0.15, -0.1) is 0 Å². The zero-order chi connectivity index (χ0) is 22.1. The van der Waals surface area contributed by atoms with Crippen molar-refractivity contribution >= 4 is 22.4 Å². The van der Waals surface area contributed by atoms with Crippen LogP contribution in [0.5, 0.6) is 5.75 Å². The second-order valence-electron chi connectivity index (χ2n) is 7.61. The summed E-state index contributed by atoms with van der Waals surface area (Å²) in [6.07, 6.45) is 1.68. The van der Waals surface area contributed by atoms with Crippen LogP contribution in [0.25, 0.3) is 22.2 Å². The number of benzene rings is 2. The van der Waals surface area contributed by atoms with Gasteiger partial charge in [-0.2, -0.15) is 10.4 Å². The summed E-state index contributed by atoms with van der Waals surface area (Å²) in [6.45, 7) is 3.25. The van der Waals surface area contributed by atoms with Crippen LogP contribution in [0.15, 0.2) is 54.7 Å². The van der Waals surface area contributed by atoms with Gasteiger partial charge in [-0.05, 0) is 42.5 Å². The third-order valence-corrected chi connectivity index (χ3v) is 5.82. The topological polar surface area (TPSA) is 81.1 Å². The molecule has 2 aromatic heterocycles. The van der Waals surface area contributed by atoms with Crippen LogP contribution in [0.1, 0.15) is 5.56 Å². The van der Waals surface area contributed by atoms with Crippen molar-refractivity contribution in [2.24, 2.45) is 0 Å². The first-order chi connectivity index (χ1) is 15.7. The number of pyridine rings is 1. The molecule has 0 saturated carbocycles. The Morgan fingerprint density at radius 1 is 1.06 bits per heavy atom. The van der Waals surface area contributed by atoms with E-state index in [1.807, 2.05) is 30.3 Å². The number of aromatic nitrogens is 3. The van der Waals surface area contributed by atoms with Crippen LogP contribution in [0, 0.1) is 17.1 Å². The first-order valence-corrected chi connectivity index (χ1v) is 10.3. The Kier molecular flexibility index (Phi) is 5.07. The number of methoxy groups -OCH3 is 1. The van der Waals surface area contributed by atoms with Crippen molar-refractivity contribution in [1.29, 1.82) is 5.26 Å². The Morgan fingerprint density at radius 2 is 1.81 bits per heavy atom. The number of hydrogen-bond acceptors (Lipinski definition) is 6. The van der Waals surface area contributed by atoms with Gasteiger partial charge in [-0.25, -0.2) is 4.39 Å². The van der Waals surface area contributed by atoms with Gasteiger partial charge in [-0.3, -0.25) is 10.1 Å². The molecule has 3 heterocycles. The number of rotatable bonds is 4. The van der Waals surface area contributed by atoms with E-state index in [1.54, 1.807) is 18.3 Å². The maximum atomic E-state index is 14.6. The molecule has 160 valence electrons. The molecule has 1 N–H and O–H groups in total. The van der Waals surface area contributed by atoms with Gasteiger partial charge in [0.15, 0.2) is 5.82 Å². The van der Waals surface area contributed by atoms with E-state index >= 15 is 0 Å². The molecule has 8 heteroatoms. The number of fused-ring (bicyclic) bond motifs is 1. The number of piperazine rings is 1. The van der Waals surface area contributed by atoms with Crippen molar-refractivity contribution in [3.63, 3.8) is 0 Å². The summed E-state index contributed by atoms with van der Waals surface area (Å²) in [6, 6.07) is 16.4. The fourth-order valence-electron chi connectivity index (χ4n) is 4.13. The van der Waals surface area contributed by atoms with Gasteiger partial charge in [0.2, 0.25) is 0 Å². The summed E-state index contributed by atoms with van der Waals surface area (Å²) in [5, 5.41) is 17.4. The predicted molar refractivity (Wildman–Crippen MR) is 121 cm³/mol. The number of nitriles is 1. The molecule has 0 spiro atoms. The van der Waals surface area contributed by atoms with Gasteiger partial charge in [0, 0.05) is 37.3 Å². The van der Waals surface area contributed by atoms with E-state index in [0.29, 0.717) is 22.6 Å². The molecule has 1 fully saturated rings. The molecule has 7 nitrogen and oxygen atoms in total. The van der Waals surface area contributed by atoms with Crippen molar-refractivity contribution in [3.05, 3.63) is 66.1 Å². The van der Waals surface area contributed by atoms with Crippen LogP contribution in [-0.2, 0) is 0 Å². The Morgan fingerprint density at radius 3 is 2.53 bits per heavy atom. The van der Waals surface area contributed by atoms with E-state index in [2.05, 4.69) is 31.1 Å². The fraction of sp³-hybridized carbons (Fsp3) is 0.208. The minimum Gasteiger partial charge on any atom is -0.496 e. The lowest BCUT2D eigenvalue weighted by atomic mass is 10.1. The van der Waals surface area contributed by atoms with Crippen molar-refractivity contribution in [1.82, 2.24) is 15.2 Å².